The summed E-state index contributed by atoms with van der Waals surface area (Å²) in [6, 6.07) is 17.7. The average Bonchev–Trinajstić information content (AvgIpc) is 2.82. The number of ether oxygens (including phenoxy) is 1. The minimum absolute atomic E-state index is 0.0150. The van der Waals surface area contributed by atoms with Crippen LogP contribution in [0, 0.1) is 0 Å². The van der Waals surface area contributed by atoms with E-state index in [1.54, 1.807) is 42.5 Å². The molecular weight excluding hydrogens is 523 g/mol. The number of nitrogens with one attached hydrogen (secondary N) is 2. The number of halogens is 2. The monoisotopic (exact) mass is 542 g/mol. The molecule has 37 heavy (non-hydrogen) atoms. The van der Waals surface area contributed by atoms with Crippen molar-refractivity contribution >= 4 is 51.0 Å². The first-order valence-electron chi connectivity index (χ1n) is 10.6. The van der Waals surface area contributed by atoms with Crippen molar-refractivity contribution in [3.05, 3.63) is 83.5 Å². The molecule has 0 fully saturated rings. The number of carbonyl (C=O) groups is 1. The van der Waals surface area contributed by atoms with Crippen LogP contribution in [0.2, 0.25) is 5.02 Å². The van der Waals surface area contributed by atoms with Crippen molar-refractivity contribution in [1.82, 2.24) is 9.97 Å². The number of hydrogen-bond acceptors (Lipinski definition) is 8. The summed E-state index contributed by atoms with van der Waals surface area (Å²) in [4.78, 5) is 20.1. The Bertz CT molecular complexity index is 1590. The second-order valence-corrected chi connectivity index (χ2v) is 9.44. The van der Waals surface area contributed by atoms with E-state index >= 15 is 0 Å². The Kier molecular flexibility index (Phi) is 7.41. The molecule has 0 saturated carbocycles. The molecule has 0 saturated heterocycles. The minimum Gasteiger partial charge on any atom is -0.487 e. The molecule has 0 atom stereocenters. The number of anilines is 4. The van der Waals surface area contributed by atoms with Crippen LogP contribution in [-0.2, 0) is 16.8 Å². The van der Waals surface area contributed by atoms with Crippen LogP contribution in [0.5, 0.6) is 5.75 Å². The second kappa shape index (κ2) is 10.7. The van der Waals surface area contributed by atoms with Gasteiger partial charge in [-0.2, -0.15) is 13.4 Å². The van der Waals surface area contributed by atoms with Crippen molar-refractivity contribution < 1.29 is 21.8 Å². The van der Waals surface area contributed by atoms with Gasteiger partial charge in [0, 0.05) is 28.0 Å². The number of carbonyl (C=O) groups excluding carboxylic acids is 1. The Morgan fingerprint density at radius 1 is 0.946 bits per heavy atom. The second-order valence-electron chi connectivity index (χ2n) is 7.66. The van der Waals surface area contributed by atoms with E-state index in [1.165, 1.54) is 12.1 Å². The number of hydrogen-bond donors (Lipinski definition) is 4. The number of amides is 2. The predicted molar refractivity (Wildman–Crippen MR) is 139 cm³/mol. The number of urea groups is 1. The highest BCUT2D eigenvalue weighted by atomic mass is 35.5. The molecule has 0 unspecified atom stereocenters. The van der Waals surface area contributed by atoms with E-state index in [4.69, 9.17) is 27.8 Å². The molecule has 1 aromatic heterocycles. The zero-order valence-electron chi connectivity index (χ0n) is 19.0. The van der Waals surface area contributed by atoms with Gasteiger partial charge in [0.2, 0.25) is 5.95 Å². The molecule has 0 radical (unpaired) electrons. The maximum absolute atomic E-state index is 13.2. The summed E-state index contributed by atoms with van der Waals surface area (Å²) >= 11 is 6.12. The quantitative estimate of drug-likeness (QED) is 0.241. The van der Waals surface area contributed by atoms with Gasteiger partial charge in [0.05, 0.1) is 5.69 Å². The van der Waals surface area contributed by atoms with Crippen LogP contribution >= 0.6 is 11.6 Å². The molecule has 13 heteroatoms. The van der Waals surface area contributed by atoms with Gasteiger partial charge in [-0.05, 0) is 48.0 Å². The van der Waals surface area contributed by atoms with Crippen LogP contribution in [0.25, 0.3) is 11.1 Å². The predicted octanol–water partition coefficient (Wildman–Crippen LogP) is 4.84. The Morgan fingerprint density at radius 3 is 2.32 bits per heavy atom. The van der Waals surface area contributed by atoms with E-state index in [0.29, 0.717) is 33.3 Å². The summed E-state index contributed by atoms with van der Waals surface area (Å²) < 4.78 is 41.2. The van der Waals surface area contributed by atoms with Crippen molar-refractivity contribution in [3.8, 4) is 16.9 Å². The highest BCUT2D eigenvalue weighted by molar-refractivity contribution is 7.86. The molecule has 2 amide bonds. The Morgan fingerprint density at radius 2 is 1.62 bits per heavy atom. The lowest BCUT2D eigenvalue weighted by Crippen LogP contribution is -2.19. The fourth-order valence-corrected chi connectivity index (χ4v) is 4.14. The van der Waals surface area contributed by atoms with Crippen LogP contribution in [0.15, 0.2) is 77.7 Å². The fourth-order valence-electron chi connectivity index (χ4n) is 3.44. The van der Waals surface area contributed by atoms with Gasteiger partial charge in [0.1, 0.15) is 23.1 Å². The third-order valence-electron chi connectivity index (χ3n) is 4.98. The summed E-state index contributed by atoms with van der Waals surface area (Å²) in [5.74, 6) is 0.555. The largest absolute Gasteiger partial charge is 0.487 e. The maximum Gasteiger partial charge on any atom is 0.332 e. The van der Waals surface area contributed by atoms with Gasteiger partial charge in [-0.15, -0.1) is 3.89 Å². The number of nitrogens with zero attached hydrogens (tertiary/aromatic N) is 2. The van der Waals surface area contributed by atoms with E-state index in [1.807, 2.05) is 6.07 Å². The first-order chi connectivity index (χ1) is 17.6. The SMILES string of the molecule is Nc1nc(N)c(-c2cccc(Cl)c2)c(COc2cccc(NC(=O)Nc3cccc(S(=O)(=O)F)c3)c2)n1. The van der Waals surface area contributed by atoms with Crippen molar-refractivity contribution in [2.45, 2.75) is 11.5 Å². The standard InChI is InChI=1S/C24H20ClFN6O4S/c25-15-5-1-4-14(10-15)21-20(31-23(28)32-22(21)27)13-36-18-8-2-6-16(11-18)29-24(33)30-17-7-3-9-19(12-17)37(26,34)35/h1-12H,13H2,(H2,29,30,33)(H4,27,28,31,32). The van der Waals surface area contributed by atoms with Gasteiger partial charge in [-0.3, -0.25) is 0 Å². The number of benzene rings is 3. The smallest absolute Gasteiger partial charge is 0.332 e. The zero-order valence-corrected chi connectivity index (χ0v) is 20.6. The van der Waals surface area contributed by atoms with Gasteiger partial charge < -0.3 is 26.8 Å². The first kappa shape index (κ1) is 25.7. The minimum atomic E-state index is -4.90. The number of aromatic nitrogens is 2. The molecule has 0 spiro atoms. The molecule has 1 heterocycles. The maximum atomic E-state index is 13.2. The van der Waals surface area contributed by atoms with Gasteiger partial charge in [0.15, 0.2) is 0 Å². The van der Waals surface area contributed by atoms with Gasteiger partial charge in [0.25, 0.3) is 0 Å². The van der Waals surface area contributed by atoms with Crippen molar-refractivity contribution in [3.63, 3.8) is 0 Å². The molecule has 0 bridgehead atoms. The fraction of sp³-hybridized carbons (Fsp3) is 0.0417. The summed E-state index contributed by atoms with van der Waals surface area (Å²) in [7, 11) is -4.90. The van der Waals surface area contributed by atoms with Crippen LogP contribution in [-0.4, -0.2) is 24.4 Å². The lowest BCUT2D eigenvalue weighted by molar-refractivity contribution is 0.262. The van der Waals surface area contributed by atoms with Gasteiger partial charge in [-0.25, -0.2) is 9.78 Å². The molecule has 4 rings (SSSR count). The molecule has 0 aliphatic rings. The molecule has 190 valence electrons. The van der Waals surface area contributed by atoms with E-state index in [-0.39, 0.29) is 24.1 Å². The molecule has 0 aliphatic carbocycles. The Hall–Kier alpha value is -4.42. The molecule has 0 aliphatic heterocycles. The van der Waals surface area contributed by atoms with E-state index in [9.17, 15) is 17.1 Å². The van der Waals surface area contributed by atoms with E-state index in [0.717, 1.165) is 12.1 Å². The molecule has 3 aromatic carbocycles. The van der Waals surface area contributed by atoms with Crippen molar-refractivity contribution in [2.75, 3.05) is 22.1 Å². The number of nitrogens with two attached hydrogens (primary N) is 2. The van der Waals surface area contributed by atoms with Crippen LogP contribution in [0.1, 0.15) is 5.69 Å². The Labute approximate surface area is 216 Å². The lowest BCUT2D eigenvalue weighted by atomic mass is 10.0. The summed E-state index contributed by atoms with van der Waals surface area (Å²) in [6.07, 6.45) is 0. The molecule has 4 aromatic rings. The third kappa shape index (κ3) is 6.63. The highest BCUT2D eigenvalue weighted by Crippen LogP contribution is 2.31. The average molecular weight is 543 g/mol. The van der Waals surface area contributed by atoms with Gasteiger partial charge >= 0.3 is 16.3 Å². The third-order valence-corrected chi connectivity index (χ3v) is 6.04. The summed E-state index contributed by atoms with van der Waals surface area (Å²) in [5.41, 5.74) is 14.0. The normalized spacial score (nSPS) is 11.1. The summed E-state index contributed by atoms with van der Waals surface area (Å²) in [5, 5.41) is 5.55. The van der Waals surface area contributed by atoms with E-state index < -0.39 is 21.1 Å². The van der Waals surface area contributed by atoms with Gasteiger partial charge in [-0.1, -0.05) is 35.9 Å². The number of nitrogen functional groups attached to an aromatic ring is 2. The van der Waals surface area contributed by atoms with Crippen molar-refractivity contribution in [2.24, 2.45) is 0 Å². The van der Waals surface area contributed by atoms with Crippen LogP contribution in [0.3, 0.4) is 0 Å². The number of rotatable bonds is 7. The highest BCUT2D eigenvalue weighted by Gasteiger charge is 2.16. The first-order valence-corrected chi connectivity index (χ1v) is 12.4. The zero-order chi connectivity index (χ0) is 26.6. The van der Waals surface area contributed by atoms with E-state index in [2.05, 4.69) is 20.6 Å². The molecular formula is C24H20ClFN6O4S. The van der Waals surface area contributed by atoms with Crippen LogP contribution < -0.4 is 26.8 Å². The van der Waals surface area contributed by atoms with Crippen molar-refractivity contribution in [1.29, 1.82) is 0 Å². The summed E-state index contributed by atoms with van der Waals surface area (Å²) in [6.45, 7) is -0.0150. The van der Waals surface area contributed by atoms with Crippen LogP contribution in [0.4, 0.5) is 31.8 Å². The Balaban J connectivity index is 1.47. The lowest BCUT2D eigenvalue weighted by Gasteiger charge is -2.14. The molecule has 6 N–H and O–H groups in total. The topological polar surface area (TPSA) is 162 Å². The molecule has 10 nitrogen and oxygen atoms in total.